The van der Waals surface area contributed by atoms with Crippen molar-refractivity contribution in [2.75, 3.05) is 0 Å². The minimum atomic E-state index is -0.497. The lowest BCUT2D eigenvalue weighted by Crippen LogP contribution is -2.26. The molecule has 2 atom stereocenters. The number of aromatic nitrogens is 2. The summed E-state index contributed by atoms with van der Waals surface area (Å²) in [6, 6.07) is 18.0. The Kier molecular flexibility index (Phi) is 5.15. The second kappa shape index (κ2) is 8.00. The third-order valence-corrected chi connectivity index (χ3v) is 7.22. The van der Waals surface area contributed by atoms with E-state index in [0.717, 1.165) is 44.2 Å². The number of carbonyl (C=O) groups excluding carboxylic acids is 1. The Balaban J connectivity index is 1.39. The number of carbonyl (C=O) groups is 1. The lowest BCUT2D eigenvalue weighted by Gasteiger charge is -2.16. The molecular weight excluding hydrogens is 422 g/mol. The van der Waals surface area contributed by atoms with Crippen LogP contribution in [0, 0.1) is 19.8 Å². The summed E-state index contributed by atoms with van der Waals surface area (Å²) in [5, 5.41) is 13.1. The molecule has 1 saturated carbocycles. The van der Waals surface area contributed by atoms with Gasteiger partial charge in [0.05, 0.1) is 16.8 Å². The largest absolute Gasteiger partial charge is 0.489 e. The predicted molar refractivity (Wildman–Crippen MR) is 123 cm³/mol. The molecule has 162 valence electrons. The number of fused-ring (bicyclic) bond motifs is 1. The highest BCUT2D eigenvalue weighted by molar-refractivity contribution is 7.10. The van der Waals surface area contributed by atoms with Gasteiger partial charge in [0.25, 0.3) is 0 Å². The van der Waals surface area contributed by atoms with Gasteiger partial charge in [0.2, 0.25) is 5.91 Å². The van der Waals surface area contributed by atoms with Crippen LogP contribution in [-0.2, 0) is 16.8 Å². The number of hydroxylamine groups is 1. The highest BCUT2D eigenvalue weighted by atomic mass is 32.1. The Hall–Kier alpha value is -3.29. The minimum Gasteiger partial charge on any atom is -0.489 e. The van der Waals surface area contributed by atoms with Crippen LogP contribution < -0.4 is 10.2 Å². The molecule has 2 aromatic carbocycles. The molecule has 32 heavy (non-hydrogen) atoms. The third-order valence-electron chi connectivity index (χ3n) is 6.08. The van der Waals surface area contributed by atoms with Gasteiger partial charge >= 0.3 is 0 Å². The molecule has 6 nitrogen and oxygen atoms in total. The molecule has 0 radical (unpaired) electrons. The molecule has 0 bridgehead atoms. The second-order valence-corrected chi connectivity index (χ2v) is 9.11. The number of aryl methyl sites for hydroxylation is 2. The first-order chi connectivity index (χ1) is 15.5. The van der Waals surface area contributed by atoms with E-state index in [-0.39, 0.29) is 11.8 Å². The number of hydrogen-bond donors (Lipinski definition) is 2. The van der Waals surface area contributed by atoms with E-state index in [1.807, 2.05) is 61.7 Å². The number of rotatable bonds is 6. The number of para-hydroxylation sites is 1. The summed E-state index contributed by atoms with van der Waals surface area (Å²) in [5.74, 6) is 0.0377. The average molecular weight is 446 g/mol. The fourth-order valence-corrected chi connectivity index (χ4v) is 5.50. The predicted octanol–water partition coefficient (Wildman–Crippen LogP) is 4.70. The summed E-state index contributed by atoms with van der Waals surface area (Å²) in [7, 11) is 0. The fraction of sp³-hybridized carbons (Fsp3) is 0.240. The topological polar surface area (TPSA) is 84.3 Å². The number of pyridine rings is 1. The van der Waals surface area contributed by atoms with Crippen LogP contribution in [0.4, 0.5) is 0 Å². The van der Waals surface area contributed by atoms with Gasteiger partial charge < -0.3 is 4.74 Å². The Morgan fingerprint density at radius 3 is 2.66 bits per heavy atom. The molecule has 2 N–H and O–H groups in total. The number of thiazole rings is 1. The standard InChI is InChI=1S/C25H23N3O3S/c1-15-11-17(20-5-3-4-6-22(20)26-15)13-31-19-9-7-18(8-10-19)25(12-21(25)23(29)28-30)24-27-16(2)14-32-24/h3-11,14,21,30H,12-13H2,1-2H3,(H,28,29)/t21-,25-/m1/s1. The summed E-state index contributed by atoms with van der Waals surface area (Å²) in [4.78, 5) is 21.4. The van der Waals surface area contributed by atoms with Crippen molar-refractivity contribution in [2.45, 2.75) is 32.3 Å². The second-order valence-electron chi connectivity index (χ2n) is 8.25. The molecule has 5 rings (SSSR count). The quantitative estimate of drug-likeness (QED) is 0.332. The highest BCUT2D eigenvalue weighted by Crippen LogP contribution is 2.59. The summed E-state index contributed by atoms with van der Waals surface area (Å²) < 4.78 is 6.09. The zero-order valence-electron chi connectivity index (χ0n) is 17.8. The first-order valence-corrected chi connectivity index (χ1v) is 11.3. The van der Waals surface area contributed by atoms with Crippen LogP contribution in [0.15, 0.2) is 60.0 Å². The highest BCUT2D eigenvalue weighted by Gasteiger charge is 2.62. The number of benzene rings is 2. The number of amides is 1. The zero-order chi connectivity index (χ0) is 22.3. The van der Waals surface area contributed by atoms with Gasteiger partial charge in [0.1, 0.15) is 17.4 Å². The first-order valence-electron chi connectivity index (χ1n) is 10.5. The summed E-state index contributed by atoms with van der Waals surface area (Å²) in [6.45, 7) is 4.37. The van der Waals surface area contributed by atoms with Crippen molar-refractivity contribution in [2.24, 2.45) is 5.92 Å². The molecular formula is C25H23N3O3S. The van der Waals surface area contributed by atoms with Crippen LogP contribution in [0.25, 0.3) is 10.9 Å². The van der Waals surface area contributed by atoms with Gasteiger partial charge in [-0.25, -0.2) is 10.5 Å². The van der Waals surface area contributed by atoms with Gasteiger partial charge in [0, 0.05) is 27.7 Å². The van der Waals surface area contributed by atoms with E-state index >= 15 is 0 Å². The molecule has 1 aliphatic carbocycles. The SMILES string of the molecule is Cc1csc([C@@]2(c3ccc(OCc4cc(C)nc5ccccc45)cc3)C[C@@H]2C(=O)NO)n1. The number of ether oxygens (including phenoxy) is 1. The Bertz CT molecular complexity index is 1300. The van der Waals surface area contributed by atoms with Gasteiger partial charge in [-0.3, -0.25) is 15.0 Å². The molecule has 7 heteroatoms. The van der Waals surface area contributed by atoms with Crippen LogP contribution >= 0.6 is 11.3 Å². The molecule has 0 spiro atoms. The van der Waals surface area contributed by atoms with Crippen molar-refractivity contribution in [3.05, 3.63) is 87.5 Å². The molecule has 2 heterocycles. The van der Waals surface area contributed by atoms with Gasteiger partial charge in [-0.1, -0.05) is 30.3 Å². The summed E-state index contributed by atoms with van der Waals surface area (Å²) in [5.41, 5.74) is 6.25. The summed E-state index contributed by atoms with van der Waals surface area (Å²) >= 11 is 1.55. The van der Waals surface area contributed by atoms with Crippen molar-refractivity contribution in [1.29, 1.82) is 0 Å². The average Bonchev–Trinajstić information content (AvgIpc) is 3.42. The maximum Gasteiger partial charge on any atom is 0.247 e. The molecule has 2 aromatic heterocycles. The van der Waals surface area contributed by atoms with E-state index in [4.69, 9.17) is 9.94 Å². The van der Waals surface area contributed by atoms with Crippen LogP contribution in [-0.4, -0.2) is 21.1 Å². The monoisotopic (exact) mass is 445 g/mol. The Morgan fingerprint density at radius 2 is 1.94 bits per heavy atom. The lowest BCUT2D eigenvalue weighted by atomic mass is 9.93. The van der Waals surface area contributed by atoms with Gasteiger partial charge in [-0.05, 0) is 50.1 Å². The van der Waals surface area contributed by atoms with Crippen molar-refractivity contribution in [3.8, 4) is 5.75 Å². The Morgan fingerprint density at radius 1 is 1.16 bits per heavy atom. The normalized spacial score (nSPS) is 19.7. The van der Waals surface area contributed by atoms with E-state index in [0.29, 0.717) is 13.0 Å². The number of hydrogen-bond acceptors (Lipinski definition) is 6. The molecule has 1 amide bonds. The van der Waals surface area contributed by atoms with Crippen LogP contribution in [0.5, 0.6) is 5.75 Å². The smallest absolute Gasteiger partial charge is 0.247 e. The third kappa shape index (κ3) is 3.53. The summed E-state index contributed by atoms with van der Waals surface area (Å²) in [6.07, 6.45) is 0.620. The zero-order valence-corrected chi connectivity index (χ0v) is 18.6. The first kappa shape index (κ1) is 20.6. The van der Waals surface area contributed by atoms with Crippen molar-refractivity contribution < 1.29 is 14.7 Å². The lowest BCUT2D eigenvalue weighted by molar-refractivity contribution is -0.130. The van der Waals surface area contributed by atoms with E-state index in [9.17, 15) is 4.79 Å². The molecule has 1 aliphatic rings. The molecule has 4 aromatic rings. The van der Waals surface area contributed by atoms with E-state index < -0.39 is 5.41 Å². The van der Waals surface area contributed by atoms with Gasteiger partial charge in [0.15, 0.2) is 0 Å². The molecule has 0 saturated heterocycles. The van der Waals surface area contributed by atoms with E-state index in [1.54, 1.807) is 16.8 Å². The van der Waals surface area contributed by atoms with Crippen molar-refractivity contribution in [3.63, 3.8) is 0 Å². The fourth-order valence-electron chi connectivity index (χ4n) is 4.42. The maximum absolute atomic E-state index is 12.2. The van der Waals surface area contributed by atoms with Crippen molar-refractivity contribution in [1.82, 2.24) is 15.4 Å². The van der Waals surface area contributed by atoms with Crippen LogP contribution in [0.2, 0.25) is 0 Å². The molecule has 1 fully saturated rings. The molecule has 0 unspecified atom stereocenters. The van der Waals surface area contributed by atoms with Gasteiger partial charge in [-0.2, -0.15) is 0 Å². The number of nitrogens with one attached hydrogen (secondary N) is 1. The van der Waals surface area contributed by atoms with E-state index in [2.05, 4.69) is 22.1 Å². The van der Waals surface area contributed by atoms with Crippen molar-refractivity contribution >= 4 is 28.1 Å². The van der Waals surface area contributed by atoms with Crippen LogP contribution in [0.3, 0.4) is 0 Å². The van der Waals surface area contributed by atoms with Crippen LogP contribution in [0.1, 0.15) is 33.9 Å². The maximum atomic E-state index is 12.2. The number of nitrogens with zero attached hydrogens (tertiary/aromatic N) is 2. The van der Waals surface area contributed by atoms with Gasteiger partial charge in [-0.15, -0.1) is 11.3 Å². The minimum absolute atomic E-state index is 0.337. The Labute approximate surface area is 189 Å². The molecule has 0 aliphatic heterocycles. The van der Waals surface area contributed by atoms with E-state index in [1.165, 1.54) is 0 Å².